The zero-order valence-corrected chi connectivity index (χ0v) is 10.4. The zero-order chi connectivity index (χ0) is 10.9. The van der Waals surface area contributed by atoms with Gasteiger partial charge in [-0.1, -0.05) is 23.5 Å². The van der Waals surface area contributed by atoms with Crippen LogP contribution in [0.15, 0.2) is 22.2 Å². The van der Waals surface area contributed by atoms with Crippen LogP contribution in [-0.2, 0) is 9.59 Å². The van der Waals surface area contributed by atoms with Gasteiger partial charge in [-0.3, -0.25) is 9.59 Å². The predicted octanol–water partition coefficient (Wildman–Crippen LogP) is 0.455. The lowest BCUT2D eigenvalue weighted by Gasteiger charge is -2.31. The van der Waals surface area contributed by atoms with E-state index in [4.69, 9.17) is 0 Å². The molecule has 2 atom stereocenters. The van der Waals surface area contributed by atoms with Gasteiger partial charge in [0.05, 0.1) is 23.6 Å². The Balaban J connectivity index is 0.000000902. The topological polar surface area (TPSA) is 72.1 Å². The fraction of sp³-hybridized carbons (Fsp3) is 0.400. The second-order valence-electron chi connectivity index (χ2n) is 4.14. The molecule has 0 aliphatic carbocycles. The summed E-state index contributed by atoms with van der Waals surface area (Å²) in [5, 5.41) is 0.626. The number of β-lactam (4-membered cyclic amide) rings is 2. The van der Waals surface area contributed by atoms with Gasteiger partial charge in [0.2, 0.25) is 11.8 Å². The van der Waals surface area contributed by atoms with E-state index in [-0.39, 0.29) is 17.3 Å². The Morgan fingerprint density at radius 2 is 1.35 bits per heavy atom. The molecular weight excluding hydrogens is 260 g/mol. The molecule has 90 valence electrons. The second-order valence-corrected chi connectivity index (χ2v) is 6.58. The van der Waals surface area contributed by atoms with E-state index in [2.05, 4.69) is 0 Å². The fourth-order valence-corrected chi connectivity index (χ4v) is 4.76. The van der Waals surface area contributed by atoms with E-state index in [1.807, 2.05) is 12.4 Å². The first kappa shape index (κ1) is 11.2. The Bertz CT molecular complexity index is 444. The highest BCUT2D eigenvalue weighted by Crippen LogP contribution is 2.52. The summed E-state index contributed by atoms with van der Waals surface area (Å²) < 4.78 is 0. The van der Waals surface area contributed by atoms with Gasteiger partial charge in [-0.25, -0.2) is 0 Å². The van der Waals surface area contributed by atoms with Crippen molar-refractivity contribution in [2.45, 2.75) is 23.6 Å². The molecule has 0 aromatic carbocycles. The maximum Gasteiger partial charge on any atom is 0.230 e. The van der Waals surface area contributed by atoms with Crippen molar-refractivity contribution in [1.82, 2.24) is 9.80 Å². The number of rotatable bonds is 1. The minimum absolute atomic E-state index is 0. The Morgan fingerprint density at radius 3 is 1.65 bits per heavy atom. The molecule has 4 aliphatic heterocycles. The van der Waals surface area contributed by atoms with Crippen LogP contribution in [0.2, 0.25) is 0 Å². The van der Waals surface area contributed by atoms with Crippen molar-refractivity contribution in [1.29, 1.82) is 0 Å². The molecule has 7 heteroatoms. The quantitative estimate of drug-likeness (QED) is 0.649. The van der Waals surface area contributed by atoms with Crippen molar-refractivity contribution in [3.05, 3.63) is 22.2 Å². The monoisotopic (exact) mass is 270 g/mol. The minimum atomic E-state index is 0. The molecular formula is C10H10N2O3S2. The van der Waals surface area contributed by atoms with Crippen LogP contribution in [0.5, 0.6) is 0 Å². The molecule has 0 bridgehead atoms. The number of hydrogen-bond donors (Lipinski definition) is 0. The number of amides is 2. The molecule has 2 saturated heterocycles. The molecule has 0 unspecified atom stereocenters. The molecule has 4 aliphatic rings. The van der Waals surface area contributed by atoms with Crippen LogP contribution in [0, 0.1) is 0 Å². The van der Waals surface area contributed by atoms with Gasteiger partial charge < -0.3 is 15.3 Å². The van der Waals surface area contributed by atoms with E-state index in [0.29, 0.717) is 23.6 Å². The van der Waals surface area contributed by atoms with Crippen LogP contribution in [-0.4, -0.2) is 37.8 Å². The second kappa shape index (κ2) is 3.54. The summed E-state index contributed by atoms with van der Waals surface area (Å²) in [6.45, 7) is 0. The average Bonchev–Trinajstić information content (AvgIpc) is 2.75. The smallest absolute Gasteiger partial charge is 0.230 e. The number of hydrogen-bond acceptors (Lipinski definition) is 4. The third kappa shape index (κ3) is 1.39. The molecule has 0 aromatic rings. The van der Waals surface area contributed by atoms with Gasteiger partial charge in [0.15, 0.2) is 0 Å². The van der Waals surface area contributed by atoms with Gasteiger partial charge in [0, 0.05) is 22.2 Å². The summed E-state index contributed by atoms with van der Waals surface area (Å²) in [4.78, 5) is 28.3. The molecule has 0 aromatic heterocycles. The van der Waals surface area contributed by atoms with Gasteiger partial charge in [-0.15, -0.1) is 0 Å². The predicted molar refractivity (Wildman–Crippen MR) is 65.5 cm³/mol. The molecule has 5 nitrogen and oxygen atoms in total. The molecule has 17 heavy (non-hydrogen) atoms. The highest BCUT2D eigenvalue weighted by atomic mass is 32.2. The SMILES string of the molecule is O.O=C1C[C@H]2SC(C3=CN4C(=O)C[C@H]4S3)=CN12. The van der Waals surface area contributed by atoms with Crippen LogP contribution in [0.1, 0.15) is 12.8 Å². The van der Waals surface area contributed by atoms with E-state index in [1.54, 1.807) is 33.3 Å². The lowest BCUT2D eigenvalue weighted by atomic mass is 10.2. The number of fused-ring (bicyclic) bond motifs is 2. The average molecular weight is 270 g/mol. The zero-order valence-electron chi connectivity index (χ0n) is 8.75. The normalized spacial score (nSPS) is 33.2. The lowest BCUT2D eigenvalue weighted by molar-refractivity contribution is -0.138. The highest BCUT2D eigenvalue weighted by Gasteiger charge is 2.45. The van der Waals surface area contributed by atoms with Crippen molar-refractivity contribution in [2.75, 3.05) is 0 Å². The molecule has 0 radical (unpaired) electrons. The third-order valence-electron chi connectivity index (χ3n) is 3.18. The van der Waals surface area contributed by atoms with E-state index in [1.165, 1.54) is 0 Å². The fourth-order valence-electron chi connectivity index (χ4n) is 2.16. The molecule has 0 spiro atoms. The maximum atomic E-state index is 11.2. The number of carbonyl (C=O) groups is 2. The summed E-state index contributed by atoms with van der Waals surface area (Å²) in [5.41, 5.74) is 0. The Hall–Kier alpha value is -0.920. The molecule has 4 rings (SSSR count). The number of nitrogens with zero attached hydrogens (tertiary/aromatic N) is 2. The maximum absolute atomic E-state index is 11.2. The summed E-state index contributed by atoms with van der Waals surface area (Å²) in [6, 6.07) is 0. The van der Waals surface area contributed by atoms with Gasteiger partial charge in [0.25, 0.3) is 0 Å². The largest absolute Gasteiger partial charge is 0.412 e. The van der Waals surface area contributed by atoms with E-state index in [9.17, 15) is 9.59 Å². The first-order valence-electron chi connectivity index (χ1n) is 5.12. The van der Waals surface area contributed by atoms with Gasteiger partial charge in [-0.05, 0) is 0 Å². The van der Waals surface area contributed by atoms with Crippen LogP contribution >= 0.6 is 23.5 Å². The van der Waals surface area contributed by atoms with Crippen molar-refractivity contribution < 1.29 is 15.1 Å². The Labute approximate surface area is 106 Å². The van der Waals surface area contributed by atoms with E-state index in [0.717, 1.165) is 9.81 Å². The standard InChI is InChI=1S/C10H8N2O2S2.H2O/c13-7-1-9-11(7)3-5(15-9)6-4-12-8(14)2-10(12)16-6;/h3-4,9-10H,1-2H2;1H2/t9-,10-;/m1./s1. The van der Waals surface area contributed by atoms with Crippen molar-refractivity contribution in [2.24, 2.45) is 0 Å². The molecule has 2 N–H and O–H groups in total. The first-order valence-corrected chi connectivity index (χ1v) is 6.88. The van der Waals surface area contributed by atoms with Gasteiger partial charge in [0.1, 0.15) is 0 Å². The van der Waals surface area contributed by atoms with Crippen LogP contribution in [0.3, 0.4) is 0 Å². The van der Waals surface area contributed by atoms with Crippen molar-refractivity contribution >= 4 is 35.3 Å². The van der Waals surface area contributed by atoms with Gasteiger partial charge in [-0.2, -0.15) is 0 Å². The van der Waals surface area contributed by atoms with Crippen molar-refractivity contribution in [3.8, 4) is 0 Å². The van der Waals surface area contributed by atoms with Crippen molar-refractivity contribution in [3.63, 3.8) is 0 Å². The van der Waals surface area contributed by atoms with Crippen LogP contribution in [0.25, 0.3) is 0 Å². The molecule has 2 amide bonds. The van der Waals surface area contributed by atoms with Crippen LogP contribution in [0.4, 0.5) is 0 Å². The Kier molecular flexibility index (Phi) is 2.33. The summed E-state index contributed by atoms with van der Waals surface area (Å²) >= 11 is 3.47. The van der Waals surface area contributed by atoms with Gasteiger partial charge >= 0.3 is 0 Å². The van der Waals surface area contributed by atoms with E-state index < -0.39 is 0 Å². The number of thioether (sulfide) groups is 2. The molecule has 4 heterocycles. The highest BCUT2D eigenvalue weighted by molar-refractivity contribution is 8.09. The summed E-state index contributed by atoms with van der Waals surface area (Å²) in [6.07, 6.45) is 5.15. The number of carbonyl (C=O) groups excluding carboxylic acids is 2. The van der Waals surface area contributed by atoms with Crippen LogP contribution < -0.4 is 0 Å². The summed E-state index contributed by atoms with van der Waals surface area (Å²) in [5.74, 6) is 0.408. The first-order chi connectivity index (χ1) is 7.72. The third-order valence-corrected chi connectivity index (χ3v) is 5.80. The Morgan fingerprint density at radius 1 is 0.941 bits per heavy atom. The summed E-state index contributed by atoms with van der Waals surface area (Å²) in [7, 11) is 0. The van der Waals surface area contributed by atoms with E-state index >= 15 is 0 Å². The molecule has 2 fully saturated rings. The molecule has 0 saturated carbocycles. The minimum Gasteiger partial charge on any atom is -0.412 e. The lowest BCUT2D eigenvalue weighted by Crippen LogP contribution is -2.44.